The van der Waals surface area contributed by atoms with E-state index in [1.807, 2.05) is 48.5 Å². The van der Waals surface area contributed by atoms with Crippen molar-refractivity contribution in [2.24, 2.45) is 0 Å². The minimum absolute atomic E-state index is 0.213. The monoisotopic (exact) mass is 601 g/mol. The summed E-state index contributed by atoms with van der Waals surface area (Å²) in [5.41, 5.74) is 4.94. The van der Waals surface area contributed by atoms with Crippen LogP contribution in [0.1, 0.15) is 51.1 Å². The number of nitrogens with one attached hydrogen (secondary N) is 2. The number of carbonyl (C=O) groups is 2. The third-order valence-electron chi connectivity index (χ3n) is 6.66. The lowest BCUT2D eigenvalue weighted by atomic mass is 10.0. The zero-order valence-corrected chi connectivity index (χ0v) is 24.3. The van der Waals surface area contributed by atoms with Crippen LogP contribution < -0.4 is 5.32 Å². The minimum Gasteiger partial charge on any atom is -0.481 e. The van der Waals surface area contributed by atoms with Crippen molar-refractivity contribution in [3.63, 3.8) is 0 Å². The number of rotatable bonds is 12. The molecular weight excluding hydrogens is 574 g/mol. The van der Waals surface area contributed by atoms with Gasteiger partial charge in [-0.05, 0) is 41.3 Å². The molecular formula is C30H28ClN7O3S. The molecule has 0 bridgehead atoms. The topological polar surface area (TPSA) is 147 Å². The summed E-state index contributed by atoms with van der Waals surface area (Å²) in [4.78, 5) is 35.7. The molecule has 1 unspecified atom stereocenters. The van der Waals surface area contributed by atoms with Crippen molar-refractivity contribution < 1.29 is 14.7 Å². The van der Waals surface area contributed by atoms with Crippen molar-refractivity contribution >= 4 is 34.8 Å². The summed E-state index contributed by atoms with van der Waals surface area (Å²) < 4.78 is 0. The zero-order chi connectivity index (χ0) is 29.5. The lowest BCUT2D eigenvalue weighted by Gasteiger charge is -2.17. The molecule has 0 radical (unpaired) electrons. The van der Waals surface area contributed by atoms with Crippen molar-refractivity contribution in [1.29, 1.82) is 0 Å². The maximum absolute atomic E-state index is 13.3. The van der Waals surface area contributed by atoms with E-state index in [2.05, 4.69) is 42.8 Å². The number of aryl methyl sites for hydroxylation is 1. The Morgan fingerprint density at radius 1 is 1.05 bits per heavy atom. The van der Waals surface area contributed by atoms with E-state index in [0.717, 1.165) is 45.7 Å². The fourth-order valence-corrected chi connectivity index (χ4v) is 6.05. The van der Waals surface area contributed by atoms with Gasteiger partial charge in [-0.3, -0.25) is 19.6 Å². The van der Waals surface area contributed by atoms with E-state index < -0.39 is 12.0 Å². The van der Waals surface area contributed by atoms with Crippen molar-refractivity contribution in [2.75, 3.05) is 0 Å². The molecule has 0 aliphatic rings. The van der Waals surface area contributed by atoms with Crippen LogP contribution in [0.2, 0.25) is 5.02 Å². The van der Waals surface area contributed by atoms with Crippen LogP contribution in [0, 0.1) is 0 Å². The molecule has 1 atom stereocenters. The first-order chi connectivity index (χ1) is 20.4. The third kappa shape index (κ3) is 7.04. The summed E-state index contributed by atoms with van der Waals surface area (Å²) in [5, 5.41) is 27.2. The third-order valence-corrected chi connectivity index (χ3v) is 8.20. The lowest BCUT2D eigenvalue weighted by molar-refractivity contribution is -0.137. The van der Waals surface area contributed by atoms with E-state index in [4.69, 9.17) is 11.6 Å². The summed E-state index contributed by atoms with van der Waals surface area (Å²) in [6, 6.07) is 16.2. The second-order valence-electron chi connectivity index (χ2n) is 9.72. The van der Waals surface area contributed by atoms with Crippen LogP contribution in [-0.4, -0.2) is 53.6 Å². The SMILES string of the molecule is CCCc1cc(C(=O)NC(CC(=O)O)Cc2ccccc2Cl)sc1Cc1cnc(-c2ccccc2-c2nn[nH]n2)cn1. The van der Waals surface area contributed by atoms with Gasteiger partial charge in [0.1, 0.15) is 0 Å². The number of aliphatic carboxylic acids is 1. The van der Waals surface area contributed by atoms with E-state index in [-0.39, 0.29) is 12.3 Å². The van der Waals surface area contributed by atoms with Gasteiger partial charge in [0.25, 0.3) is 5.91 Å². The predicted molar refractivity (Wildman–Crippen MR) is 160 cm³/mol. The van der Waals surface area contributed by atoms with E-state index in [9.17, 15) is 14.7 Å². The second kappa shape index (κ2) is 13.5. The molecule has 0 fully saturated rings. The number of tetrazole rings is 1. The van der Waals surface area contributed by atoms with Gasteiger partial charge in [-0.2, -0.15) is 5.21 Å². The van der Waals surface area contributed by atoms with Crippen molar-refractivity contribution in [1.82, 2.24) is 35.9 Å². The number of carbonyl (C=O) groups excluding carboxylic acids is 1. The number of thiophene rings is 1. The number of aromatic nitrogens is 6. The standard InChI is InChI=1S/C30H28ClN7O3S/c1-2-7-19-13-27(30(41)34-20(15-28(39)40)12-18-8-3-6-11-24(18)31)42-26(19)14-21-16-33-25(17-32-21)22-9-4-5-10-23(22)29-35-37-38-36-29/h3-6,8-11,13,16-17,20H,2,7,12,14-15H2,1H3,(H,34,41)(H,39,40)(H,35,36,37,38). The van der Waals surface area contributed by atoms with Crippen LogP contribution in [-0.2, 0) is 24.1 Å². The highest BCUT2D eigenvalue weighted by Crippen LogP contribution is 2.29. The van der Waals surface area contributed by atoms with Gasteiger partial charge >= 0.3 is 5.97 Å². The Morgan fingerprint density at radius 2 is 1.83 bits per heavy atom. The molecule has 0 aliphatic carbocycles. The molecule has 42 heavy (non-hydrogen) atoms. The number of hydrogen-bond donors (Lipinski definition) is 3. The number of amides is 1. The van der Waals surface area contributed by atoms with E-state index in [1.54, 1.807) is 18.5 Å². The van der Waals surface area contributed by atoms with E-state index in [1.165, 1.54) is 11.3 Å². The molecule has 3 aromatic heterocycles. The first-order valence-corrected chi connectivity index (χ1v) is 14.6. The summed E-state index contributed by atoms with van der Waals surface area (Å²) in [6.07, 6.45) is 5.80. The maximum Gasteiger partial charge on any atom is 0.305 e. The van der Waals surface area contributed by atoms with Crippen molar-refractivity contribution in [2.45, 2.75) is 45.1 Å². The molecule has 0 saturated heterocycles. The Balaban J connectivity index is 1.33. The van der Waals surface area contributed by atoms with Gasteiger partial charge < -0.3 is 10.4 Å². The number of aromatic amines is 1. The molecule has 0 aliphatic heterocycles. The molecule has 0 spiro atoms. The van der Waals surface area contributed by atoms with Crippen LogP contribution in [0.25, 0.3) is 22.6 Å². The molecule has 12 heteroatoms. The van der Waals surface area contributed by atoms with Crippen LogP contribution in [0.4, 0.5) is 0 Å². The molecule has 0 saturated carbocycles. The Labute approximate surface area is 251 Å². The number of H-pyrrole nitrogens is 1. The van der Waals surface area contributed by atoms with Crippen LogP contribution in [0.3, 0.4) is 0 Å². The van der Waals surface area contributed by atoms with Crippen molar-refractivity contribution in [3.05, 3.63) is 98.6 Å². The van der Waals surface area contributed by atoms with Gasteiger partial charge in [-0.15, -0.1) is 21.5 Å². The van der Waals surface area contributed by atoms with Gasteiger partial charge in [0.15, 0.2) is 0 Å². The highest BCUT2D eigenvalue weighted by atomic mass is 35.5. The fraction of sp³-hybridized carbons (Fsp3) is 0.233. The number of carboxylic acid groups (broad SMARTS) is 1. The summed E-state index contributed by atoms with van der Waals surface area (Å²) >= 11 is 7.69. The lowest BCUT2D eigenvalue weighted by Crippen LogP contribution is -2.37. The number of nitrogens with zero attached hydrogens (tertiary/aromatic N) is 5. The minimum atomic E-state index is -0.993. The molecule has 3 N–H and O–H groups in total. The van der Waals surface area contributed by atoms with E-state index in [0.29, 0.717) is 34.3 Å². The summed E-state index contributed by atoms with van der Waals surface area (Å²) in [5.74, 6) is -0.822. The molecule has 10 nitrogen and oxygen atoms in total. The number of carboxylic acids is 1. The zero-order valence-electron chi connectivity index (χ0n) is 22.7. The first kappa shape index (κ1) is 29.0. The summed E-state index contributed by atoms with van der Waals surface area (Å²) in [7, 11) is 0. The fourth-order valence-electron chi connectivity index (χ4n) is 4.71. The normalized spacial score (nSPS) is 11.8. The quantitative estimate of drug-likeness (QED) is 0.172. The molecule has 5 rings (SSSR count). The predicted octanol–water partition coefficient (Wildman–Crippen LogP) is 5.40. The second-order valence-corrected chi connectivity index (χ2v) is 11.3. The Kier molecular flexibility index (Phi) is 9.30. The largest absolute Gasteiger partial charge is 0.481 e. The Morgan fingerprint density at radius 3 is 2.52 bits per heavy atom. The Hall–Kier alpha value is -4.48. The van der Waals surface area contributed by atoms with Crippen molar-refractivity contribution in [3.8, 4) is 22.6 Å². The number of halogens is 1. The average molecular weight is 602 g/mol. The number of benzene rings is 2. The number of hydrogen-bond acceptors (Lipinski definition) is 8. The Bertz CT molecular complexity index is 1670. The smallest absolute Gasteiger partial charge is 0.305 e. The van der Waals surface area contributed by atoms with Crippen LogP contribution in [0.5, 0.6) is 0 Å². The highest BCUT2D eigenvalue weighted by Gasteiger charge is 2.22. The molecule has 214 valence electrons. The maximum atomic E-state index is 13.3. The van der Waals surface area contributed by atoms with Crippen LogP contribution >= 0.6 is 22.9 Å². The molecule has 5 aromatic rings. The van der Waals surface area contributed by atoms with Gasteiger partial charge in [0, 0.05) is 39.7 Å². The molecule has 2 aromatic carbocycles. The average Bonchev–Trinajstić information content (AvgIpc) is 3.66. The van der Waals surface area contributed by atoms with Gasteiger partial charge in [0.05, 0.1) is 28.9 Å². The van der Waals surface area contributed by atoms with Gasteiger partial charge in [-0.1, -0.05) is 67.4 Å². The highest BCUT2D eigenvalue weighted by molar-refractivity contribution is 7.14. The summed E-state index contributed by atoms with van der Waals surface area (Å²) in [6.45, 7) is 2.09. The van der Waals surface area contributed by atoms with E-state index >= 15 is 0 Å². The van der Waals surface area contributed by atoms with Gasteiger partial charge in [-0.25, -0.2) is 0 Å². The van der Waals surface area contributed by atoms with Gasteiger partial charge in [0.2, 0.25) is 5.82 Å². The first-order valence-electron chi connectivity index (χ1n) is 13.4. The molecule has 3 heterocycles. The van der Waals surface area contributed by atoms with Crippen LogP contribution in [0.15, 0.2) is 67.0 Å². The molecule has 1 amide bonds.